The fourth-order valence-corrected chi connectivity index (χ4v) is 2.34. The number of hydrogen-bond donors (Lipinski definition) is 2. The zero-order chi connectivity index (χ0) is 12.9. The monoisotopic (exact) mass is 257 g/mol. The third kappa shape index (κ3) is 4.11. The second kappa shape index (κ2) is 6.14. The van der Waals surface area contributed by atoms with Gasteiger partial charge in [-0.2, -0.15) is 0 Å². The predicted molar refractivity (Wildman–Crippen MR) is 68.3 cm³/mol. The lowest BCUT2D eigenvalue weighted by molar-refractivity contribution is 0.294. The summed E-state index contributed by atoms with van der Waals surface area (Å²) in [7, 11) is -3.41. The van der Waals surface area contributed by atoms with E-state index in [0.29, 0.717) is 6.54 Å². The standard InChI is InChI=1S/C12H19NO3S/c1-10(12-6-4-3-5-7-12)8-13-17(15,16)11(2)9-14/h3-7,10-11,13-14H,8-9H2,1-2H3. The fraction of sp³-hybridized carbons (Fsp3) is 0.500. The molecule has 0 fully saturated rings. The van der Waals surface area contributed by atoms with Crippen LogP contribution in [0.15, 0.2) is 30.3 Å². The van der Waals surface area contributed by atoms with Gasteiger partial charge in [-0.25, -0.2) is 13.1 Å². The van der Waals surface area contributed by atoms with Crippen molar-refractivity contribution in [3.8, 4) is 0 Å². The zero-order valence-corrected chi connectivity index (χ0v) is 10.9. The third-order valence-electron chi connectivity index (χ3n) is 2.75. The summed E-state index contributed by atoms with van der Waals surface area (Å²) in [6.07, 6.45) is 0. The Morgan fingerprint density at radius 2 is 1.82 bits per heavy atom. The second-order valence-electron chi connectivity index (χ2n) is 4.20. The van der Waals surface area contributed by atoms with E-state index in [1.54, 1.807) is 0 Å². The summed E-state index contributed by atoms with van der Waals surface area (Å²) in [5.41, 5.74) is 1.09. The zero-order valence-electron chi connectivity index (χ0n) is 10.1. The Morgan fingerprint density at radius 3 is 2.35 bits per heavy atom. The first-order chi connectivity index (χ1) is 7.97. The molecule has 1 aromatic rings. The predicted octanol–water partition coefficient (Wildman–Crippen LogP) is 1.09. The van der Waals surface area contributed by atoms with Crippen LogP contribution < -0.4 is 4.72 Å². The van der Waals surface area contributed by atoms with E-state index in [1.807, 2.05) is 37.3 Å². The van der Waals surface area contributed by atoms with Crippen LogP contribution in [0.4, 0.5) is 0 Å². The van der Waals surface area contributed by atoms with Gasteiger partial charge in [0, 0.05) is 6.54 Å². The normalized spacial score (nSPS) is 15.5. The van der Waals surface area contributed by atoms with Gasteiger partial charge in [0.05, 0.1) is 11.9 Å². The van der Waals surface area contributed by atoms with E-state index in [0.717, 1.165) is 5.56 Å². The third-order valence-corrected chi connectivity index (χ3v) is 4.52. The van der Waals surface area contributed by atoms with Crippen LogP contribution in [0.25, 0.3) is 0 Å². The number of aliphatic hydroxyl groups is 1. The summed E-state index contributed by atoms with van der Waals surface area (Å²) < 4.78 is 25.8. The highest BCUT2D eigenvalue weighted by Crippen LogP contribution is 2.13. The molecule has 2 N–H and O–H groups in total. The van der Waals surface area contributed by atoms with Crippen molar-refractivity contribution in [1.29, 1.82) is 0 Å². The number of aliphatic hydroxyl groups excluding tert-OH is 1. The summed E-state index contributed by atoms with van der Waals surface area (Å²) in [6.45, 7) is 3.42. The summed E-state index contributed by atoms with van der Waals surface area (Å²) in [5.74, 6) is 0.108. The average Bonchev–Trinajstić information content (AvgIpc) is 2.36. The van der Waals surface area contributed by atoms with Gasteiger partial charge >= 0.3 is 0 Å². The number of nitrogens with one attached hydrogen (secondary N) is 1. The van der Waals surface area contributed by atoms with Crippen molar-refractivity contribution < 1.29 is 13.5 Å². The van der Waals surface area contributed by atoms with Crippen molar-refractivity contribution in [1.82, 2.24) is 4.72 Å². The van der Waals surface area contributed by atoms with E-state index >= 15 is 0 Å². The molecule has 1 aromatic carbocycles. The van der Waals surface area contributed by atoms with Gasteiger partial charge in [-0.05, 0) is 18.4 Å². The first-order valence-corrected chi connectivity index (χ1v) is 7.16. The van der Waals surface area contributed by atoms with E-state index in [1.165, 1.54) is 6.92 Å². The molecule has 0 aromatic heterocycles. The molecule has 0 radical (unpaired) electrons. The van der Waals surface area contributed by atoms with E-state index in [2.05, 4.69) is 4.72 Å². The first kappa shape index (κ1) is 14.2. The van der Waals surface area contributed by atoms with Gasteiger partial charge in [0.25, 0.3) is 0 Å². The molecule has 5 heteroatoms. The van der Waals surface area contributed by atoms with Crippen LogP contribution in [0.2, 0.25) is 0 Å². The maximum Gasteiger partial charge on any atom is 0.216 e. The smallest absolute Gasteiger partial charge is 0.216 e. The Bertz CT molecular complexity index is 430. The number of sulfonamides is 1. The quantitative estimate of drug-likeness (QED) is 0.801. The lowest BCUT2D eigenvalue weighted by Gasteiger charge is -2.15. The topological polar surface area (TPSA) is 66.4 Å². The Kier molecular flexibility index (Phi) is 5.11. The van der Waals surface area contributed by atoms with E-state index in [9.17, 15) is 8.42 Å². The van der Waals surface area contributed by atoms with Gasteiger partial charge < -0.3 is 5.11 Å². The Hall–Kier alpha value is -0.910. The van der Waals surface area contributed by atoms with Crippen molar-refractivity contribution in [2.24, 2.45) is 0 Å². The molecular formula is C12H19NO3S. The fourth-order valence-electron chi connectivity index (χ4n) is 1.38. The molecular weight excluding hydrogens is 238 g/mol. The molecule has 0 spiro atoms. The summed E-state index contributed by atoms with van der Waals surface area (Å²) in [5, 5.41) is 8.06. The van der Waals surface area contributed by atoms with Crippen LogP contribution in [0.1, 0.15) is 25.3 Å². The Balaban J connectivity index is 2.57. The van der Waals surface area contributed by atoms with Gasteiger partial charge in [0.2, 0.25) is 10.0 Å². The molecule has 0 aliphatic rings. The average molecular weight is 257 g/mol. The maximum atomic E-state index is 11.6. The van der Waals surface area contributed by atoms with Crippen molar-refractivity contribution in [3.63, 3.8) is 0 Å². The van der Waals surface area contributed by atoms with Gasteiger partial charge in [-0.1, -0.05) is 37.3 Å². The van der Waals surface area contributed by atoms with Crippen LogP contribution in [0.3, 0.4) is 0 Å². The molecule has 0 bridgehead atoms. The number of hydrogen-bond acceptors (Lipinski definition) is 3. The molecule has 2 unspecified atom stereocenters. The molecule has 2 atom stereocenters. The Labute approximate surface area is 103 Å². The number of rotatable bonds is 6. The summed E-state index contributed by atoms with van der Waals surface area (Å²) >= 11 is 0. The lowest BCUT2D eigenvalue weighted by atomic mass is 10.0. The largest absolute Gasteiger partial charge is 0.395 e. The van der Waals surface area contributed by atoms with Crippen LogP contribution in [-0.4, -0.2) is 31.9 Å². The summed E-state index contributed by atoms with van der Waals surface area (Å²) in [4.78, 5) is 0. The second-order valence-corrected chi connectivity index (χ2v) is 6.38. The van der Waals surface area contributed by atoms with Crippen LogP contribution in [-0.2, 0) is 10.0 Å². The minimum Gasteiger partial charge on any atom is -0.395 e. The molecule has 17 heavy (non-hydrogen) atoms. The minimum atomic E-state index is -3.41. The van der Waals surface area contributed by atoms with Gasteiger partial charge in [0.1, 0.15) is 0 Å². The highest BCUT2D eigenvalue weighted by molar-refractivity contribution is 7.90. The molecule has 1 rings (SSSR count). The molecule has 4 nitrogen and oxygen atoms in total. The van der Waals surface area contributed by atoms with Gasteiger partial charge in [0.15, 0.2) is 0 Å². The SMILES string of the molecule is CC(CNS(=O)(=O)C(C)CO)c1ccccc1. The lowest BCUT2D eigenvalue weighted by Crippen LogP contribution is -2.36. The van der Waals surface area contributed by atoms with Crippen molar-refractivity contribution in [2.45, 2.75) is 25.0 Å². The van der Waals surface area contributed by atoms with E-state index in [-0.39, 0.29) is 12.5 Å². The first-order valence-electron chi connectivity index (χ1n) is 5.61. The van der Waals surface area contributed by atoms with Crippen molar-refractivity contribution in [3.05, 3.63) is 35.9 Å². The summed E-state index contributed by atoms with van der Waals surface area (Å²) in [6, 6.07) is 9.71. The van der Waals surface area contributed by atoms with Crippen LogP contribution in [0.5, 0.6) is 0 Å². The molecule has 0 amide bonds. The van der Waals surface area contributed by atoms with Gasteiger partial charge in [-0.15, -0.1) is 0 Å². The van der Waals surface area contributed by atoms with Crippen molar-refractivity contribution >= 4 is 10.0 Å². The highest BCUT2D eigenvalue weighted by Gasteiger charge is 2.20. The minimum absolute atomic E-state index is 0.108. The van der Waals surface area contributed by atoms with Crippen LogP contribution >= 0.6 is 0 Å². The maximum absolute atomic E-state index is 11.6. The molecule has 0 aliphatic heterocycles. The number of benzene rings is 1. The molecule has 0 heterocycles. The molecule has 0 saturated heterocycles. The van der Waals surface area contributed by atoms with Crippen LogP contribution in [0, 0.1) is 0 Å². The van der Waals surface area contributed by atoms with E-state index in [4.69, 9.17) is 5.11 Å². The highest BCUT2D eigenvalue weighted by atomic mass is 32.2. The van der Waals surface area contributed by atoms with Crippen molar-refractivity contribution in [2.75, 3.05) is 13.2 Å². The molecule has 0 aliphatic carbocycles. The molecule has 0 saturated carbocycles. The van der Waals surface area contributed by atoms with E-state index < -0.39 is 15.3 Å². The van der Waals surface area contributed by atoms with Gasteiger partial charge in [-0.3, -0.25) is 0 Å². The Morgan fingerprint density at radius 1 is 1.24 bits per heavy atom. The molecule has 96 valence electrons.